The molecule has 0 aliphatic carbocycles. The molecule has 0 rings (SSSR count). The van der Waals surface area contributed by atoms with E-state index in [0.29, 0.717) is 25.4 Å². The van der Waals surface area contributed by atoms with E-state index in [0.717, 1.165) is 12.8 Å². The summed E-state index contributed by atoms with van der Waals surface area (Å²) in [6, 6.07) is 0. The first-order chi connectivity index (χ1) is 9.97. The Labute approximate surface area is 129 Å². The summed E-state index contributed by atoms with van der Waals surface area (Å²) in [7, 11) is 1.60. The minimum atomic E-state index is -0.546. The molecule has 0 heterocycles. The molecule has 2 atom stereocenters. The first-order valence-corrected chi connectivity index (χ1v) is 7.86. The molecule has 0 aromatic heterocycles. The predicted molar refractivity (Wildman–Crippen MR) is 85.0 cm³/mol. The van der Waals surface area contributed by atoms with E-state index in [1.807, 2.05) is 6.92 Å². The summed E-state index contributed by atoms with van der Waals surface area (Å²) in [5.41, 5.74) is -0.546. The lowest BCUT2D eigenvalue weighted by Gasteiger charge is -2.35. The minimum Gasteiger partial charge on any atom is -0.466 e. The van der Waals surface area contributed by atoms with E-state index in [1.54, 1.807) is 13.2 Å². The Morgan fingerprint density at radius 1 is 1.33 bits per heavy atom. The lowest BCUT2D eigenvalue weighted by Crippen LogP contribution is -2.39. The molecule has 0 radical (unpaired) electrons. The van der Waals surface area contributed by atoms with Crippen molar-refractivity contribution in [1.29, 1.82) is 0 Å². The van der Waals surface area contributed by atoms with Crippen LogP contribution in [-0.4, -0.2) is 32.6 Å². The zero-order valence-corrected chi connectivity index (χ0v) is 14.3. The van der Waals surface area contributed by atoms with Crippen LogP contribution in [0.5, 0.6) is 0 Å². The van der Waals surface area contributed by atoms with Crippen LogP contribution in [-0.2, 0) is 19.0 Å². The Morgan fingerprint density at radius 3 is 2.43 bits per heavy atom. The molecule has 0 fully saturated rings. The van der Waals surface area contributed by atoms with Crippen LogP contribution in [0.4, 0.5) is 0 Å². The third kappa shape index (κ3) is 6.62. The molecule has 4 nitrogen and oxygen atoms in total. The van der Waals surface area contributed by atoms with Gasteiger partial charge in [-0.2, -0.15) is 0 Å². The lowest BCUT2D eigenvalue weighted by molar-refractivity contribution is -0.162. The van der Waals surface area contributed by atoms with Crippen molar-refractivity contribution < 1.29 is 19.0 Å². The van der Waals surface area contributed by atoms with Gasteiger partial charge in [0.2, 0.25) is 0 Å². The molecule has 0 bridgehead atoms. The van der Waals surface area contributed by atoms with Gasteiger partial charge >= 0.3 is 5.97 Å². The van der Waals surface area contributed by atoms with E-state index in [4.69, 9.17) is 14.2 Å². The first-order valence-electron chi connectivity index (χ1n) is 7.86. The van der Waals surface area contributed by atoms with Crippen molar-refractivity contribution in [1.82, 2.24) is 0 Å². The molecule has 21 heavy (non-hydrogen) atoms. The number of hydrogen-bond acceptors (Lipinski definition) is 4. The van der Waals surface area contributed by atoms with Gasteiger partial charge in [0.05, 0.1) is 18.1 Å². The minimum absolute atomic E-state index is 0.0409. The number of methoxy groups -OCH3 is 1. The van der Waals surface area contributed by atoms with E-state index < -0.39 is 5.41 Å². The van der Waals surface area contributed by atoms with Crippen LogP contribution in [0.15, 0.2) is 12.7 Å². The van der Waals surface area contributed by atoms with Crippen LogP contribution in [0.25, 0.3) is 0 Å². The summed E-state index contributed by atoms with van der Waals surface area (Å²) in [6.07, 6.45) is 4.70. The zero-order chi connectivity index (χ0) is 16.3. The number of allylic oxidation sites excluding steroid dienone is 1. The summed E-state index contributed by atoms with van der Waals surface area (Å²) >= 11 is 0. The van der Waals surface area contributed by atoms with E-state index in [9.17, 15) is 4.79 Å². The van der Waals surface area contributed by atoms with Gasteiger partial charge in [0.1, 0.15) is 6.79 Å². The Hall–Kier alpha value is -0.870. The lowest BCUT2D eigenvalue weighted by atomic mass is 9.74. The van der Waals surface area contributed by atoms with Gasteiger partial charge in [-0.1, -0.05) is 33.3 Å². The monoisotopic (exact) mass is 300 g/mol. The SMILES string of the molecule is C=CC[C@](CCC)(C[C@H](OCOC)C(C)C)C(=O)OCC. The quantitative estimate of drug-likeness (QED) is 0.311. The van der Waals surface area contributed by atoms with Crippen LogP contribution in [0.2, 0.25) is 0 Å². The molecule has 0 saturated carbocycles. The van der Waals surface area contributed by atoms with Crippen molar-refractivity contribution in [3.05, 3.63) is 12.7 Å². The molecule has 0 saturated heterocycles. The fourth-order valence-electron chi connectivity index (χ4n) is 2.62. The molecule has 124 valence electrons. The molecule has 0 amide bonds. The van der Waals surface area contributed by atoms with Crippen molar-refractivity contribution >= 4 is 5.97 Å². The van der Waals surface area contributed by atoms with Crippen molar-refractivity contribution in [2.24, 2.45) is 11.3 Å². The second-order valence-electron chi connectivity index (χ2n) is 5.80. The van der Waals surface area contributed by atoms with Crippen LogP contribution in [0.3, 0.4) is 0 Å². The fraction of sp³-hybridized carbons (Fsp3) is 0.824. The van der Waals surface area contributed by atoms with Crippen molar-refractivity contribution in [3.63, 3.8) is 0 Å². The topological polar surface area (TPSA) is 44.8 Å². The van der Waals surface area contributed by atoms with Crippen LogP contribution in [0.1, 0.15) is 53.4 Å². The number of carbonyl (C=O) groups excluding carboxylic acids is 1. The Balaban J connectivity index is 5.22. The van der Waals surface area contributed by atoms with E-state index in [1.165, 1.54) is 0 Å². The van der Waals surface area contributed by atoms with Crippen molar-refractivity contribution in [3.8, 4) is 0 Å². The summed E-state index contributed by atoms with van der Waals surface area (Å²) in [5, 5.41) is 0. The molecule has 0 N–H and O–H groups in total. The summed E-state index contributed by atoms with van der Waals surface area (Å²) in [5.74, 6) is 0.161. The van der Waals surface area contributed by atoms with Gasteiger partial charge in [-0.15, -0.1) is 6.58 Å². The Bertz CT molecular complexity index is 301. The van der Waals surface area contributed by atoms with Crippen LogP contribution in [0, 0.1) is 11.3 Å². The standard InChI is InChI=1S/C17H32O4/c1-7-10-17(11-8-2,16(18)20-9-3)12-15(14(4)5)21-13-19-6/h7,14-15H,1,8-13H2,2-6H3/t15-,17-/m0/s1. The first kappa shape index (κ1) is 20.1. The van der Waals surface area contributed by atoms with Gasteiger partial charge in [0.15, 0.2) is 0 Å². The molecule has 4 heteroatoms. The van der Waals surface area contributed by atoms with Gasteiger partial charge in [-0.05, 0) is 32.1 Å². The zero-order valence-electron chi connectivity index (χ0n) is 14.3. The molecular weight excluding hydrogens is 268 g/mol. The maximum atomic E-state index is 12.5. The highest BCUT2D eigenvalue weighted by Crippen LogP contribution is 2.38. The highest BCUT2D eigenvalue weighted by atomic mass is 16.7. The van der Waals surface area contributed by atoms with Gasteiger partial charge in [0, 0.05) is 7.11 Å². The summed E-state index contributed by atoms with van der Waals surface area (Å²) < 4.78 is 16.1. The molecule has 0 unspecified atom stereocenters. The van der Waals surface area contributed by atoms with E-state index in [2.05, 4.69) is 27.4 Å². The largest absolute Gasteiger partial charge is 0.466 e. The number of carbonyl (C=O) groups is 1. The van der Waals surface area contributed by atoms with Crippen molar-refractivity contribution in [2.75, 3.05) is 20.5 Å². The predicted octanol–water partition coefficient (Wildman–Crippen LogP) is 3.95. The maximum absolute atomic E-state index is 12.5. The fourth-order valence-corrected chi connectivity index (χ4v) is 2.62. The second-order valence-corrected chi connectivity index (χ2v) is 5.80. The molecule has 0 aromatic carbocycles. The normalized spacial score (nSPS) is 15.5. The number of ether oxygens (including phenoxy) is 3. The highest BCUT2D eigenvalue weighted by Gasteiger charge is 2.41. The number of esters is 1. The van der Waals surface area contributed by atoms with Gasteiger partial charge < -0.3 is 14.2 Å². The number of rotatable bonds is 12. The average Bonchev–Trinajstić information content (AvgIpc) is 2.43. The van der Waals surface area contributed by atoms with E-state index >= 15 is 0 Å². The number of hydrogen-bond donors (Lipinski definition) is 0. The third-order valence-corrected chi connectivity index (χ3v) is 3.71. The molecular formula is C17H32O4. The maximum Gasteiger partial charge on any atom is 0.312 e. The van der Waals surface area contributed by atoms with Crippen LogP contribution >= 0.6 is 0 Å². The highest BCUT2D eigenvalue weighted by molar-refractivity contribution is 5.77. The van der Waals surface area contributed by atoms with Gasteiger partial charge in [-0.25, -0.2) is 0 Å². The smallest absolute Gasteiger partial charge is 0.312 e. The molecule has 0 aliphatic heterocycles. The van der Waals surface area contributed by atoms with Crippen molar-refractivity contribution in [2.45, 2.75) is 59.5 Å². The molecule has 0 spiro atoms. The third-order valence-electron chi connectivity index (χ3n) is 3.71. The Morgan fingerprint density at radius 2 is 2.00 bits per heavy atom. The summed E-state index contributed by atoms with van der Waals surface area (Å²) in [4.78, 5) is 12.5. The van der Waals surface area contributed by atoms with Gasteiger partial charge in [-0.3, -0.25) is 4.79 Å². The second kappa shape index (κ2) is 10.8. The Kier molecular flexibility index (Phi) is 10.4. The van der Waals surface area contributed by atoms with Crippen LogP contribution < -0.4 is 0 Å². The van der Waals surface area contributed by atoms with E-state index in [-0.39, 0.29) is 18.9 Å². The average molecular weight is 300 g/mol. The van der Waals surface area contributed by atoms with Gasteiger partial charge in [0.25, 0.3) is 0 Å². The molecule has 0 aliphatic rings. The summed E-state index contributed by atoms with van der Waals surface area (Å²) in [6.45, 7) is 12.5. The molecule has 0 aromatic rings.